The van der Waals surface area contributed by atoms with E-state index in [1.165, 1.54) is 12.1 Å². The Balaban J connectivity index is 2.52. The summed E-state index contributed by atoms with van der Waals surface area (Å²) < 4.78 is 20.8. The quantitative estimate of drug-likeness (QED) is 0.925. The Morgan fingerprint density at radius 1 is 1.37 bits per heavy atom. The van der Waals surface area contributed by atoms with Gasteiger partial charge >= 0.3 is 5.97 Å². The number of aromatic nitrogens is 2. The van der Waals surface area contributed by atoms with Crippen LogP contribution in [0.15, 0.2) is 18.2 Å². The highest BCUT2D eigenvalue weighted by Gasteiger charge is 2.20. The highest BCUT2D eigenvalue weighted by atomic mass is 19.1. The normalized spacial score (nSPS) is 10.5. The van der Waals surface area contributed by atoms with Crippen molar-refractivity contribution in [1.29, 1.82) is 0 Å². The Morgan fingerprint density at radius 3 is 2.58 bits per heavy atom. The number of rotatable bonds is 3. The third-order valence-corrected chi connectivity index (χ3v) is 2.84. The van der Waals surface area contributed by atoms with Gasteiger partial charge in [-0.1, -0.05) is 6.07 Å². The van der Waals surface area contributed by atoms with E-state index in [0.29, 0.717) is 17.1 Å². The van der Waals surface area contributed by atoms with Crippen molar-refractivity contribution in [1.82, 2.24) is 9.78 Å². The number of benzene rings is 1. The maximum absolute atomic E-state index is 13.8. The van der Waals surface area contributed by atoms with Crippen molar-refractivity contribution >= 4 is 5.97 Å². The van der Waals surface area contributed by atoms with E-state index in [4.69, 9.17) is 9.84 Å². The van der Waals surface area contributed by atoms with Gasteiger partial charge in [-0.3, -0.25) is 4.68 Å². The van der Waals surface area contributed by atoms with Crippen molar-refractivity contribution in [2.45, 2.75) is 13.8 Å². The Kier molecular flexibility index (Phi) is 3.25. The van der Waals surface area contributed by atoms with Gasteiger partial charge in [0, 0.05) is 7.05 Å². The van der Waals surface area contributed by atoms with Crippen molar-refractivity contribution in [2.75, 3.05) is 0 Å². The molecule has 2 aromatic rings. The van der Waals surface area contributed by atoms with Crippen molar-refractivity contribution in [2.24, 2.45) is 7.05 Å². The Hall–Kier alpha value is -2.37. The highest BCUT2D eigenvalue weighted by molar-refractivity contribution is 5.91. The fourth-order valence-electron chi connectivity index (χ4n) is 1.78. The molecule has 6 heteroatoms. The molecule has 1 aromatic heterocycles. The van der Waals surface area contributed by atoms with Gasteiger partial charge in [-0.05, 0) is 26.0 Å². The van der Waals surface area contributed by atoms with Crippen LogP contribution >= 0.6 is 0 Å². The topological polar surface area (TPSA) is 64.4 Å². The summed E-state index contributed by atoms with van der Waals surface area (Å²) in [5.74, 6) is -1.89. The number of hydrogen-bond donors (Lipinski definition) is 1. The van der Waals surface area contributed by atoms with Gasteiger partial charge in [-0.15, -0.1) is 0 Å². The highest BCUT2D eigenvalue weighted by Crippen LogP contribution is 2.32. The first-order valence-electron chi connectivity index (χ1n) is 5.61. The van der Waals surface area contributed by atoms with Gasteiger partial charge in [0.15, 0.2) is 17.3 Å². The third-order valence-electron chi connectivity index (χ3n) is 2.84. The lowest BCUT2D eigenvalue weighted by Crippen LogP contribution is -2.02. The van der Waals surface area contributed by atoms with Crippen LogP contribution in [-0.2, 0) is 7.05 Å². The summed E-state index contributed by atoms with van der Waals surface area (Å²) in [6, 6.07) is 3.78. The van der Waals surface area contributed by atoms with Gasteiger partial charge in [0.25, 0.3) is 0 Å². The van der Waals surface area contributed by atoms with Gasteiger partial charge in [-0.25, -0.2) is 9.18 Å². The second-order valence-corrected chi connectivity index (χ2v) is 4.15. The molecule has 5 nitrogen and oxygen atoms in total. The standard InChI is InChI=1S/C13H13FN2O3/c1-7-11(8(2)16(3)15-7)19-12-9(13(17)18)5-4-6-10(12)14/h4-6H,1-3H3,(H,17,18). The number of carboxylic acid groups (broad SMARTS) is 1. The van der Waals surface area contributed by atoms with Crippen LogP contribution < -0.4 is 4.74 Å². The number of para-hydroxylation sites is 1. The summed E-state index contributed by atoms with van der Waals surface area (Å²) in [6.07, 6.45) is 0. The van der Waals surface area contributed by atoms with E-state index >= 15 is 0 Å². The van der Waals surface area contributed by atoms with Crippen LogP contribution in [0.5, 0.6) is 11.5 Å². The molecule has 0 aliphatic carbocycles. The predicted molar refractivity (Wildman–Crippen MR) is 66.1 cm³/mol. The summed E-state index contributed by atoms with van der Waals surface area (Å²) in [7, 11) is 1.73. The molecule has 1 N–H and O–H groups in total. The zero-order valence-corrected chi connectivity index (χ0v) is 10.8. The number of aryl methyl sites for hydroxylation is 2. The fourth-order valence-corrected chi connectivity index (χ4v) is 1.78. The van der Waals surface area contributed by atoms with Gasteiger partial charge < -0.3 is 9.84 Å². The average molecular weight is 264 g/mol. The number of carbonyl (C=O) groups is 1. The summed E-state index contributed by atoms with van der Waals surface area (Å²) in [5.41, 5.74) is 1.04. The maximum atomic E-state index is 13.8. The van der Waals surface area contributed by atoms with E-state index in [0.717, 1.165) is 6.07 Å². The average Bonchev–Trinajstić information content (AvgIpc) is 2.57. The zero-order valence-electron chi connectivity index (χ0n) is 10.8. The molecular weight excluding hydrogens is 251 g/mol. The molecule has 0 fully saturated rings. The molecule has 0 aliphatic heterocycles. The first-order chi connectivity index (χ1) is 8.91. The van der Waals surface area contributed by atoms with Gasteiger partial charge in [-0.2, -0.15) is 5.10 Å². The molecule has 0 atom stereocenters. The number of aromatic carboxylic acids is 1. The molecule has 1 aromatic carbocycles. The molecule has 0 bridgehead atoms. The lowest BCUT2D eigenvalue weighted by molar-refractivity contribution is 0.0693. The molecule has 0 unspecified atom stereocenters. The van der Waals surface area contributed by atoms with Crippen LogP contribution in [0.2, 0.25) is 0 Å². The molecule has 0 amide bonds. The second kappa shape index (κ2) is 4.72. The molecule has 0 radical (unpaired) electrons. The largest absolute Gasteiger partial charge is 0.478 e. The van der Waals surface area contributed by atoms with Crippen LogP contribution in [-0.4, -0.2) is 20.9 Å². The van der Waals surface area contributed by atoms with E-state index in [1.807, 2.05) is 0 Å². The first kappa shape index (κ1) is 13.1. The third kappa shape index (κ3) is 2.29. The van der Waals surface area contributed by atoms with Crippen molar-refractivity contribution in [3.05, 3.63) is 41.0 Å². The monoisotopic (exact) mass is 264 g/mol. The molecule has 19 heavy (non-hydrogen) atoms. The SMILES string of the molecule is Cc1nn(C)c(C)c1Oc1c(F)cccc1C(=O)O. The summed E-state index contributed by atoms with van der Waals surface area (Å²) in [5, 5.41) is 13.2. The molecule has 0 saturated carbocycles. The zero-order chi connectivity index (χ0) is 14.2. The number of nitrogens with zero attached hydrogens (tertiary/aromatic N) is 2. The summed E-state index contributed by atoms with van der Waals surface area (Å²) >= 11 is 0. The second-order valence-electron chi connectivity index (χ2n) is 4.15. The minimum absolute atomic E-state index is 0.220. The smallest absolute Gasteiger partial charge is 0.339 e. The van der Waals surface area contributed by atoms with Crippen LogP contribution in [0.25, 0.3) is 0 Å². The Labute approximate surface area is 109 Å². The summed E-state index contributed by atoms with van der Waals surface area (Å²) in [6.45, 7) is 3.47. The Morgan fingerprint density at radius 2 is 2.05 bits per heavy atom. The minimum Gasteiger partial charge on any atom is -0.478 e. The minimum atomic E-state index is -1.24. The molecule has 0 aliphatic rings. The molecule has 1 heterocycles. The Bertz CT molecular complexity index is 650. The summed E-state index contributed by atoms with van der Waals surface area (Å²) in [4.78, 5) is 11.1. The van der Waals surface area contributed by atoms with Crippen LogP contribution in [0.4, 0.5) is 4.39 Å². The molecule has 0 spiro atoms. The molecule has 100 valence electrons. The maximum Gasteiger partial charge on any atom is 0.339 e. The van der Waals surface area contributed by atoms with Crippen LogP contribution in [0.1, 0.15) is 21.7 Å². The van der Waals surface area contributed by atoms with Crippen molar-refractivity contribution < 1.29 is 19.0 Å². The van der Waals surface area contributed by atoms with Crippen LogP contribution in [0.3, 0.4) is 0 Å². The number of ether oxygens (including phenoxy) is 1. The molecular formula is C13H13FN2O3. The lowest BCUT2D eigenvalue weighted by Gasteiger charge is -2.09. The van der Waals surface area contributed by atoms with Gasteiger partial charge in [0.2, 0.25) is 0 Å². The van der Waals surface area contributed by atoms with Crippen LogP contribution in [0, 0.1) is 19.7 Å². The van der Waals surface area contributed by atoms with E-state index in [2.05, 4.69) is 5.10 Å². The predicted octanol–water partition coefficient (Wildman–Crippen LogP) is 2.67. The van der Waals surface area contributed by atoms with Gasteiger partial charge in [0.05, 0.1) is 5.69 Å². The lowest BCUT2D eigenvalue weighted by atomic mass is 10.2. The molecule has 2 rings (SSSR count). The van der Waals surface area contributed by atoms with Crippen molar-refractivity contribution in [3.8, 4) is 11.5 Å². The number of hydrogen-bond acceptors (Lipinski definition) is 3. The van der Waals surface area contributed by atoms with E-state index in [-0.39, 0.29) is 11.3 Å². The molecule has 0 saturated heterocycles. The number of halogens is 1. The van der Waals surface area contributed by atoms with Gasteiger partial charge in [0.1, 0.15) is 11.3 Å². The number of carboxylic acids is 1. The van der Waals surface area contributed by atoms with E-state index in [1.54, 1.807) is 25.6 Å². The van der Waals surface area contributed by atoms with E-state index < -0.39 is 11.8 Å². The van der Waals surface area contributed by atoms with Crippen molar-refractivity contribution in [3.63, 3.8) is 0 Å². The first-order valence-corrected chi connectivity index (χ1v) is 5.61. The van der Waals surface area contributed by atoms with E-state index in [9.17, 15) is 9.18 Å². The fraction of sp³-hybridized carbons (Fsp3) is 0.231.